The van der Waals surface area contributed by atoms with E-state index in [2.05, 4.69) is 10.6 Å². The molecule has 0 bridgehead atoms. The number of fused-ring (bicyclic) bond motifs is 1. The third-order valence-electron chi connectivity index (χ3n) is 3.17. The number of para-hydroxylation sites is 1. The van der Waals surface area contributed by atoms with Gasteiger partial charge in [-0.15, -0.1) is 0 Å². The van der Waals surface area contributed by atoms with E-state index in [0.717, 1.165) is 23.1 Å². The molecular weight excluding hydrogens is 240 g/mol. The summed E-state index contributed by atoms with van der Waals surface area (Å²) in [5, 5.41) is 7.13. The lowest BCUT2D eigenvalue weighted by molar-refractivity contribution is 0.0924. The first-order valence-corrected chi connectivity index (χ1v) is 6.63. The molecule has 0 spiro atoms. The van der Waals surface area contributed by atoms with E-state index in [1.165, 1.54) is 0 Å². The Kier molecular flexibility index (Phi) is 4.22. The summed E-state index contributed by atoms with van der Waals surface area (Å²) in [7, 11) is 0. The molecule has 0 aliphatic carbocycles. The van der Waals surface area contributed by atoms with E-state index in [4.69, 9.17) is 4.42 Å². The number of likely N-dealkylation sites (N-methyl/N-ethyl adjacent to an activating group) is 1. The maximum Gasteiger partial charge on any atom is 0.287 e. The van der Waals surface area contributed by atoms with Crippen LogP contribution in [0.2, 0.25) is 0 Å². The highest BCUT2D eigenvalue weighted by Crippen LogP contribution is 2.24. The monoisotopic (exact) mass is 260 g/mol. The van der Waals surface area contributed by atoms with E-state index in [1.807, 2.05) is 45.0 Å². The predicted molar refractivity (Wildman–Crippen MR) is 76.4 cm³/mol. The minimum absolute atomic E-state index is 0.154. The fourth-order valence-corrected chi connectivity index (χ4v) is 2.14. The van der Waals surface area contributed by atoms with E-state index in [-0.39, 0.29) is 11.9 Å². The third-order valence-corrected chi connectivity index (χ3v) is 3.17. The second kappa shape index (κ2) is 5.89. The van der Waals surface area contributed by atoms with Crippen LogP contribution in [-0.2, 0) is 0 Å². The topological polar surface area (TPSA) is 54.3 Å². The van der Waals surface area contributed by atoms with Gasteiger partial charge in [0.25, 0.3) is 5.91 Å². The minimum atomic E-state index is -0.154. The molecule has 2 N–H and O–H groups in total. The molecule has 0 saturated heterocycles. The summed E-state index contributed by atoms with van der Waals surface area (Å²) in [6.07, 6.45) is 0. The van der Waals surface area contributed by atoms with Crippen LogP contribution < -0.4 is 10.6 Å². The smallest absolute Gasteiger partial charge is 0.287 e. The molecule has 19 heavy (non-hydrogen) atoms. The molecule has 2 rings (SSSR count). The van der Waals surface area contributed by atoms with E-state index < -0.39 is 0 Å². The quantitative estimate of drug-likeness (QED) is 0.868. The molecule has 4 nitrogen and oxygen atoms in total. The van der Waals surface area contributed by atoms with Crippen LogP contribution in [0, 0.1) is 6.92 Å². The number of furan rings is 1. The van der Waals surface area contributed by atoms with Gasteiger partial charge in [-0.3, -0.25) is 4.79 Å². The maximum absolute atomic E-state index is 12.1. The Morgan fingerprint density at radius 2 is 2.11 bits per heavy atom. The number of hydrogen-bond donors (Lipinski definition) is 2. The van der Waals surface area contributed by atoms with Gasteiger partial charge in [0, 0.05) is 23.5 Å². The number of aryl methyl sites for hydroxylation is 1. The molecule has 1 amide bonds. The highest BCUT2D eigenvalue weighted by atomic mass is 16.3. The lowest BCUT2D eigenvalue weighted by Crippen LogP contribution is -2.38. The van der Waals surface area contributed by atoms with Crippen molar-refractivity contribution < 1.29 is 9.21 Å². The van der Waals surface area contributed by atoms with Crippen LogP contribution in [-0.4, -0.2) is 25.0 Å². The molecule has 0 fully saturated rings. The Balaban J connectivity index is 2.11. The Morgan fingerprint density at radius 3 is 2.79 bits per heavy atom. The van der Waals surface area contributed by atoms with Gasteiger partial charge in [0.05, 0.1) is 0 Å². The predicted octanol–water partition coefficient (Wildman–Crippen LogP) is 2.47. The molecule has 2 aromatic rings. The van der Waals surface area contributed by atoms with Crippen molar-refractivity contribution in [2.45, 2.75) is 26.8 Å². The van der Waals surface area contributed by atoms with Crippen molar-refractivity contribution in [3.8, 4) is 0 Å². The van der Waals surface area contributed by atoms with Crippen molar-refractivity contribution in [2.24, 2.45) is 0 Å². The molecule has 102 valence electrons. The van der Waals surface area contributed by atoms with Crippen LogP contribution in [0.5, 0.6) is 0 Å². The molecule has 0 unspecified atom stereocenters. The molecule has 1 aromatic heterocycles. The number of hydrogen-bond acceptors (Lipinski definition) is 3. The largest absolute Gasteiger partial charge is 0.451 e. The van der Waals surface area contributed by atoms with Crippen molar-refractivity contribution in [3.63, 3.8) is 0 Å². The highest BCUT2D eigenvalue weighted by molar-refractivity contribution is 5.98. The van der Waals surface area contributed by atoms with Crippen molar-refractivity contribution >= 4 is 16.9 Å². The van der Waals surface area contributed by atoms with Gasteiger partial charge in [-0.05, 0) is 26.5 Å². The van der Waals surface area contributed by atoms with Gasteiger partial charge in [-0.1, -0.05) is 25.1 Å². The summed E-state index contributed by atoms with van der Waals surface area (Å²) in [6, 6.07) is 7.94. The highest BCUT2D eigenvalue weighted by Gasteiger charge is 2.17. The van der Waals surface area contributed by atoms with E-state index >= 15 is 0 Å². The Hall–Kier alpha value is -1.81. The summed E-state index contributed by atoms with van der Waals surface area (Å²) >= 11 is 0. The SMILES string of the molecule is CCN[C@H](C)CNC(=O)c1oc2ccccc2c1C. The van der Waals surface area contributed by atoms with Gasteiger partial charge in [-0.25, -0.2) is 0 Å². The Morgan fingerprint density at radius 1 is 1.37 bits per heavy atom. The van der Waals surface area contributed by atoms with Gasteiger partial charge < -0.3 is 15.1 Å². The number of carbonyl (C=O) groups is 1. The normalized spacial score (nSPS) is 12.6. The van der Waals surface area contributed by atoms with Crippen LogP contribution in [0.4, 0.5) is 0 Å². The summed E-state index contributed by atoms with van der Waals surface area (Å²) in [5.74, 6) is 0.253. The molecular formula is C15H20N2O2. The lowest BCUT2D eigenvalue weighted by atomic mass is 10.1. The Bertz CT molecular complexity index is 575. The van der Waals surface area contributed by atoms with Gasteiger partial charge >= 0.3 is 0 Å². The summed E-state index contributed by atoms with van der Waals surface area (Å²) in [5.41, 5.74) is 1.65. The van der Waals surface area contributed by atoms with E-state index in [9.17, 15) is 4.79 Å². The minimum Gasteiger partial charge on any atom is -0.451 e. The second-order valence-electron chi connectivity index (χ2n) is 4.72. The standard InChI is InChI=1S/C15H20N2O2/c1-4-16-10(2)9-17-15(18)14-11(3)12-7-5-6-8-13(12)19-14/h5-8,10,16H,4,9H2,1-3H3,(H,17,18)/t10-/m1/s1. The average molecular weight is 260 g/mol. The van der Waals surface area contributed by atoms with Gasteiger partial charge in [0.2, 0.25) is 0 Å². The number of nitrogens with one attached hydrogen (secondary N) is 2. The van der Waals surface area contributed by atoms with Crippen LogP contribution in [0.25, 0.3) is 11.0 Å². The van der Waals surface area contributed by atoms with Crippen molar-refractivity contribution in [2.75, 3.05) is 13.1 Å². The van der Waals surface area contributed by atoms with Crippen LogP contribution >= 0.6 is 0 Å². The molecule has 4 heteroatoms. The molecule has 0 radical (unpaired) electrons. The number of amides is 1. The zero-order valence-corrected chi connectivity index (χ0v) is 11.6. The van der Waals surface area contributed by atoms with Gasteiger partial charge in [0.1, 0.15) is 5.58 Å². The number of rotatable bonds is 5. The van der Waals surface area contributed by atoms with Crippen LogP contribution in [0.3, 0.4) is 0 Å². The van der Waals surface area contributed by atoms with Gasteiger partial charge in [-0.2, -0.15) is 0 Å². The summed E-state index contributed by atoms with van der Waals surface area (Å²) < 4.78 is 5.62. The summed E-state index contributed by atoms with van der Waals surface area (Å²) in [4.78, 5) is 12.1. The maximum atomic E-state index is 12.1. The van der Waals surface area contributed by atoms with Gasteiger partial charge in [0.15, 0.2) is 5.76 Å². The second-order valence-corrected chi connectivity index (χ2v) is 4.72. The lowest BCUT2D eigenvalue weighted by Gasteiger charge is -2.12. The first-order chi connectivity index (χ1) is 9.13. The van der Waals surface area contributed by atoms with Crippen LogP contribution in [0.15, 0.2) is 28.7 Å². The molecule has 1 heterocycles. The molecule has 0 saturated carbocycles. The fraction of sp³-hybridized carbons (Fsp3) is 0.400. The number of benzene rings is 1. The average Bonchev–Trinajstić information content (AvgIpc) is 2.74. The zero-order valence-electron chi connectivity index (χ0n) is 11.6. The van der Waals surface area contributed by atoms with E-state index in [0.29, 0.717) is 12.3 Å². The van der Waals surface area contributed by atoms with Crippen LogP contribution in [0.1, 0.15) is 30.0 Å². The van der Waals surface area contributed by atoms with Crippen molar-refractivity contribution in [1.29, 1.82) is 0 Å². The molecule has 0 aliphatic rings. The third kappa shape index (κ3) is 2.96. The molecule has 0 aliphatic heterocycles. The van der Waals surface area contributed by atoms with E-state index in [1.54, 1.807) is 0 Å². The first kappa shape index (κ1) is 13.6. The number of carbonyl (C=O) groups excluding carboxylic acids is 1. The molecule has 1 atom stereocenters. The fourth-order valence-electron chi connectivity index (χ4n) is 2.14. The Labute approximate surface area is 113 Å². The van der Waals surface area contributed by atoms with Crippen molar-refractivity contribution in [1.82, 2.24) is 10.6 Å². The summed E-state index contributed by atoms with van der Waals surface area (Å²) in [6.45, 7) is 7.47. The zero-order chi connectivity index (χ0) is 13.8. The first-order valence-electron chi connectivity index (χ1n) is 6.63. The molecule has 1 aromatic carbocycles. The van der Waals surface area contributed by atoms with Crippen molar-refractivity contribution in [3.05, 3.63) is 35.6 Å².